The Labute approximate surface area is 158 Å². The number of nitrogens with zero attached hydrogens (tertiary/aromatic N) is 4. The third-order valence-corrected chi connectivity index (χ3v) is 5.54. The summed E-state index contributed by atoms with van der Waals surface area (Å²) in [5.41, 5.74) is 4.53. The molecule has 0 unspecified atom stereocenters. The largest absolute Gasteiger partial charge is 0.296 e. The molecule has 0 amide bonds. The van der Waals surface area contributed by atoms with E-state index in [9.17, 15) is 0 Å². The SMILES string of the molecule is Cc1cccc(CN(C)[C@@H]2CCCC[C@H]2N(C)Cc2cccc(C)n2)n1. The van der Waals surface area contributed by atoms with Crippen LogP contribution in [0, 0.1) is 13.8 Å². The highest BCUT2D eigenvalue weighted by molar-refractivity contribution is 5.11. The van der Waals surface area contributed by atoms with Crippen molar-refractivity contribution in [1.29, 1.82) is 0 Å². The molecule has 2 heterocycles. The van der Waals surface area contributed by atoms with Gasteiger partial charge in [0.15, 0.2) is 0 Å². The maximum absolute atomic E-state index is 4.69. The Hall–Kier alpha value is -1.78. The monoisotopic (exact) mass is 352 g/mol. The fourth-order valence-electron chi connectivity index (χ4n) is 4.24. The topological polar surface area (TPSA) is 32.3 Å². The summed E-state index contributed by atoms with van der Waals surface area (Å²) in [5.74, 6) is 0. The molecular formula is C22H32N4. The van der Waals surface area contributed by atoms with Crippen molar-refractivity contribution in [3.8, 4) is 0 Å². The van der Waals surface area contributed by atoms with Crippen LogP contribution in [0.2, 0.25) is 0 Å². The average Bonchev–Trinajstić information content (AvgIpc) is 2.61. The van der Waals surface area contributed by atoms with Gasteiger partial charge in [0.2, 0.25) is 0 Å². The lowest BCUT2D eigenvalue weighted by Gasteiger charge is -2.42. The molecule has 0 bridgehead atoms. The van der Waals surface area contributed by atoms with Gasteiger partial charge in [-0.25, -0.2) is 0 Å². The molecule has 0 saturated heterocycles. The normalized spacial score (nSPS) is 20.7. The standard InChI is InChI=1S/C22H32N4/c1-17-9-7-11-19(23-17)15-25(3)21-13-5-6-14-22(21)26(4)16-20-12-8-10-18(2)24-20/h7-12,21-22H,5-6,13-16H2,1-4H3/t21-,22-/m1/s1. The first-order chi connectivity index (χ1) is 12.5. The molecule has 0 N–H and O–H groups in total. The summed E-state index contributed by atoms with van der Waals surface area (Å²) in [7, 11) is 4.51. The van der Waals surface area contributed by atoms with Crippen LogP contribution >= 0.6 is 0 Å². The summed E-state index contributed by atoms with van der Waals surface area (Å²) in [6, 6.07) is 13.8. The molecule has 3 rings (SSSR count). The molecule has 1 fully saturated rings. The van der Waals surface area contributed by atoms with E-state index in [1.54, 1.807) is 0 Å². The molecule has 1 aliphatic carbocycles. The van der Waals surface area contributed by atoms with E-state index in [-0.39, 0.29) is 0 Å². The van der Waals surface area contributed by atoms with Crippen molar-refractivity contribution in [2.24, 2.45) is 0 Å². The maximum Gasteiger partial charge on any atom is 0.0547 e. The number of pyridine rings is 2. The Morgan fingerprint density at radius 3 is 1.58 bits per heavy atom. The van der Waals surface area contributed by atoms with Crippen LogP contribution < -0.4 is 0 Å². The Morgan fingerprint density at radius 1 is 0.769 bits per heavy atom. The molecule has 140 valence electrons. The van der Waals surface area contributed by atoms with Crippen LogP contribution in [-0.4, -0.2) is 45.9 Å². The van der Waals surface area contributed by atoms with Crippen molar-refractivity contribution in [3.63, 3.8) is 0 Å². The minimum absolute atomic E-state index is 0.570. The van der Waals surface area contributed by atoms with Gasteiger partial charge in [0.1, 0.15) is 0 Å². The van der Waals surface area contributed by atoms with E-state index in [2.05, 4.69) is 74.1 Å². The van der Waals surface area contributed by atoms with Crippen LogP contribution in [0.1, 0.15) is 48.5 Å². The van der Waals surface area contributed by atoms with Gasteiger partial charge in [0, 0.05) is 36.6 Å². The molecule has 1 aliphatic rings. The lowest BCUT2D eigenvalue weighted by molar-refractivity contribution is 0.0679. The fourth-order valence-corrected chi connectivity index (χ4v) is 4.24. The van der Waals surface area contributed by atoms with Crippen molar-refractivity contribution < 1.29 is 0 Å². The van der Waals surface area contributed by atoms with Gasteiger partial charge in [-0.15, -0.1) is 0 Å². The summed E-state index contributed by atoms with van der Waals surface area (Å²) in [4.78, 5) is 14.4. The van der Waals surface area contributed by atoms with Crippen LogP contribution in [0.5, 0.6) is 0 Å². The molecule has 26 heavy (non-hydrogen) atoms. The van der Waals surface area contributed by atoms with Gasteiger partial charge < -0.3 is 0 Å². The Balaban J connectivity index is 1.68. The highest BCUT2D eigenvalue weighted by Gasteiger charge is 2.31. The Kier molecular flexibility index (Phi) is 6.38. The number of aromatic nitrogens is 2. The molecule has 0 aliphatic heterocycles. The van der Waals surface area contributed by atoms with E-state index in [4.69, 9.17) is 9.97 Å². The lowest BCUT2D eigenvalue weighted by atomic mass is 9.88. The van der Waals surface area contributed by atoms with Gasteiger partial charge in [0.05, 0.1) is 11.4 Å². The van der Waals surface area contributed by atoms with E-state index < -0.39 is 0 Å². The van der Waals surface area contributed by atoms with Crippen molar-refractivity contribution in [2.45, 2.75) is 64.7 Å². The van der Waals surface area contributed by atoms with Gasteiger partial charge in [-0.1, -0.05) is 25.0 Å². The van der Waals surface area contributed by atoms with Crippen molar-refractivity contribution >= 4 is 0 Å². The highest BCUT2D eigenvalue weighted by Crippen LogP contribution is 2.27. The van der Waals surface area contributed by atoms with Crippen molar-refractivity contribution in [3.05, 3.63) is 59.2 Å². The summed E-state index contributed by atoms with van der Waals surface area (Å²) in [5, 5.41) is 0. The quantitative estimate of drug-likeness (QED) is 0.787. The van der Waals surface area contributed by atoms with Gasteiger partial charge in [0.25, 0.3) is 0 Å². The van der Waals surface area contributed by atoms with Crippen LogP contribution in [0.3, 0.4) is 0 Å². The van der Waals surface area contributed by atoms with Crippen LogP contribution in [0.4, 0.5) is 0 Å². The smallest absolute Gasteiger partial charge is 0.0547 e. The summed E-state index contributed by atoms with van der Waals surface area (Å²) in [6.07, 6.45) is 5.17. The number of hydrogen-bond acceptors (Lipinski definition) is 4. The zero-order valence-corrected chi connectivity index (χ0v) is 16.7. The zero-order chi connectivity index (χ0) is 18.5. The molecule has 0 radical (unpaired) electrons. The van der Waals surface area contributed by atoms with Gasteiger partial charge in [-0.05, 0) is 65.0 Å². The second-order valence-corrected chi connectivity index (χ2v) is 7.79. The summed E-state index contributed by atoms with van der Waals surface area (Å²) in [6.45, 7) is 5.96. The van der Waals surface area contributed by atoms with E-state index in [0.717, 1.165) is 24.5 Å². The van der Waals surface area contributed by atoms with Crippen molar-refractivity contribution in [2.75, 3.05) is 14.1 Å². The number of hydrogen-bond donors (Lipinski definition) is 0. The molecular weight excluding hydrogens is 320 g/mol. The number of rotatable bonds is 6. The first-order valence-electron chi connectivity index (χ1n) is 9.78. The van der Waals surface area contributed by atoms with Crippen LogP contribution in [0.25, 0.3) is 0 Å². The Bertz CT molecular complexity index is 653. The van der Waals surface area contributed by atoms with E-state index in [1.807, 2.05) is 0 Å². The lowest BCUT2D eigenvalue weighted by Crippen LogP contribution is -2.50. The van der Waals surface area contributed by atoms with Crippen molar-refractivity contribution in [1.82, 2.24) is 19.8 Å². The molecule has 1 saturated carbocycles. The maximum atomic E-state index is 4.69. The molecule has 2 aromatic rings. The second kappa shape index (κ2) is 8.74. The highest BCUT2D eigenvalue weighted by atomic mass is 15.2. The molecule has 2 aromatic heterocycles. The van der Waals surface area contributed by atoms with E-state index >= 15 is 0 Å². The summed E-state index contributed by atoms with van der Waals surface area (Å²) < 4.78 is 0. The molecule has 4 nitrogen and oxygen atoms in total. The van der Waals surface area contributed by atoms with Gasteiger partial charge in [-0.3, -0.25) is 19.8 Å². The molecule has 4 heteroatoms. The predicted octanol–water partition coefficient (Wildman–Crippen LogP) is 3.97. The number of aryl methyl sites for hydroxylation is 2. The van der Waals surface area contributed by atoms with E-state index in [0.29, 0.717) is 12.1 Å². The first-order valence-corrected chi connectivity index (χ1v) is 9.78. The van der Waals surface area contributed by atoms with Gasteiger partial charge >= 0.3 is 0 Å². The third-order valence-electron chi connectivity index (χ3n) is 5.54. The van der Waals surface area contributed by atoms with Gasteiger partial charge in [-0.2, -0.15) is 0 Å². The molecule has 0 spiro atoms. The summed E-state index contributed by atoms with van der Waals surface area (Å²) >= 11 is 0. The van der Waals surface area contributed by atoms with Crippen LogP contribution in [0.15, 0.2) is 36.4 Å². The van der Waals surface area contributed by atoms with E-state index in [1.165, 1.54) is 37.1 Å². The zero-order valence-electron chi connectivity index (χ0n) is 16.7. The number of likely N-dealkylation sites (N-methyl/N-ethyl adjacent to an activating group) is 2. The molecule has 0 aromatic carbocycles. The van der Waals surface area contributed by atoms with Crippen LogP contribution in [-0.2, 0) is 13.1 Å². The minimum Gasteiger partial charge on any atom is -0.296 e. The predicted molar refractivity (Wildman–Crippen MR) is 107 cm³/mol. The first kappa shape index (κ1) is 19.0. The second-order valence-electron chi connectivity index (χ2n) is 7.79. The minimum atomic E-state index is 0.570. The molecule has 2 atom stereocenters. The fraction of sp³-hybridized carbons (Fsp3) is 0.545. The Morgan fingerprint density at radius 2 is 1.19 bits per heavy atom. The average molecular weight is 353 g/mol. The third kappa shape index (κ3) is 4.89.